The zero-order valence-electron chi connectivity index (χ0n) is 8.86. The minimum absolute atomic E-state index is 0.423. The van der Waals surface area contributed by atoms with E-state index >= 15 is 0 Å². The first-order valence-corrected chi connectivity index (χ1v) is 6.69. The molecule has 2 aromatic rings. The third kappa shape index (κ3) is 2.65. The van der Waals surface area contributed by atoms with Crippen molar-refractivity contribution >= 4 is 22.7 Å². The highest BCUT2D eigenvalue weighted by molar-refractivity contribution is 7.10. The molecule has 2 rings (SSSR count). The van der Waals surface area contributed by atoms with Gasteiger partial charge in [0.1, 0.15) is 0 Å². The summed E-state index contributed by atoms with van der Waals surface area (Å²) in [5.41, 5.74) is 3.05. The van der Waals surface area contributed by atoms with Crippen LogP contribution in [0.1, 0.15) is 28.4 Å². The molecule has 2 nitrogen and oxygen atoms in total. The predicted molar refractivity (Wildman–Crippen MR) is 66.4 cm³/mol. The molecule has 0 aliphatic rings. The Hall–Kier alpha value is -0.710. The fourth-order valence-electron chi connectivity index (χ4n) is 1.38. The van der Waals surface area contributed by atoms with Crippen LogP contribution in [0.3, 0.4) is 0 Å². The molecule has 0 aliphatic heterocycles. The molecule has 1 N–H and O–H groups in total. The summed E-state index contributed by atoms with van der Waals surface area (Å²) < 4.78 is 0. The van der Waals surface area contributed by atoms with Gasteiger partial charge < -0.3 is 5.32 Å². The minimum atomic E-state index is 0.423. The lowest BCUT2D eigenvalue weighted by Crippen LogP contribution is -2.16. The molecule has 4 heteroatoms. The summed E-state index contributed by atoms with van der Waals surface area (Å²) in [7, 11) is 0. The Morgan fingerprint density at radius 2 is 2.33 bits per heavy atom. The molecule has 0 fully saturated rings. The Kier molecular flexibility index (Phi) is 3.51. The fourth-order valence-corrected chi connectivity index (χ4v) is 2.87. The Labute approximate surface area is 98.0 Å². The van der Waals surface area contributed by atoms with Crippen LogP contribution in [0.15, 0.2) is 23.0 Å². The monoisotopic (exact) mass is 238 g/mol. The van der Waals surface area contributed by atoms with E-state index in [1.54, 1.807) is 22.7 Å². The van der Waals surface area contributed by atoms with Gasteiger partial charge in [-0.25, -0.2) is 4.98 Å². The summed E-state index contributed by atoms with van der Waals surface area (Å²) in [4.78, 5) is 6.96. The first kappa shape index (κ1) is 10.8. The van der Waals surface area contributed by atoms with Crippen LogP contribution in [0.2, 0.25) is 0 Å². The average Bonchev–Trinajstić information content (AvgIpc) is 2.85. The number of nitrogens with one attached hydrogen (secondary N) is 1. The van der Waals surface area contributed by atoms with Crippen molar-refractivity contribution in [3.63, 3.8) is 0 Å². The van der Waals surface area contributed by atoms with Gasteiger partial charge in [-0.3, -0.25) is 0 Å². The molecule has 0 saturated carbocycles. The highest BCUT2D eigenvalue weighted by Gasteiger charge is 2.07. The molecule has 15 heavy (non-hydrogen) atoms. The molecule has 80 valence electrons. The van der Waals surface area contributed by atoms with Crippen LogP contribution in [0, 0.1) is 6.92 Å². The smallest absolute Gasteiger partial charge is 0.0798 e. The van der Waals surface area contributed by atoms with Gasteiger partial charge in [-0.05, 0) is 25.3 Å². The molecular formula is C11H14N2S2. The van der Waals surface area contributed by atoms with E-state index in [2.05, 4.69) is 41.7 Å². The molecule has 0 saturated heterocycles. The van der Waals surface area contributed by atoms with Crippen LogP contribution in [-0.2, 0) is 6.54 Å². The molecule has 0 aliphatic carbocycles. The van der Waals surface area contributed by atoms with E-state index in [9.17, 15) is 0 Å². The third-order valence-electron chi connectivity index (χ3n) is 2.38. The second-order valence-electron chi connectivity index (χ2n) is 3.48. The molecule has 0 spiro atoms. The number of rotatable bonds is 4. The third-order valence-corrected chi connectivity index (χ3v) is 4.37. The van der Waals surface area contributed by atoms with Crippen molar-refractivity contribution in [3.05, 3.63) is 38.5 Å². The van der Waals surface area contributed by atoms with Gasteiger partial charge in [0, 0.05) is 22.3 Å². The van der Waals surface area contributed by atoms with E-state index in [4.69, 9.17) is 0 Å². The Balaban J connectivity index is 1.91. The van der Waals surface area contributed by atoms with Gasteiger partial charge in [0.2, 0.25) is 0 Å². The Morgan fingerprint density at radius 3 is 2.93 bits per heavy atom. The molecule has 0 aromatic carbocycles. The Bertz CT molecular complexity index is 406. The summed E-state index contributed by atoms with van der Waals surface area (Å²) in [6, 6.07) is 4.68. The normalized spacial score (nSPS) is 12.9. The van der Waals surface area contributed by atoms with Gasteiger partial charge in [-0.15, -0.1) is 22.7 Å². The highest BCUT2D eigenvalue weighted by Crippen LogP contribution is 2.19. The lowest BCUT2D eigenvalue weighted by Gasteiger charge is -2.11. The van der Waals surface area contributed by atoms with E-state index in [1.807, 2.05) is 5.51 Å². The molecule has 0 amide bonds. The average molecular weight is 238 g/mol. The van der Waals surface area contributed by atoms with Gasteiger partial charge >= 0.3 is 0 Å². The van der Waals surface area contributed by atoms with E-state index in [-0.39, 0.29) is 0 Å². The quantitative estimate of drug-likeness (QED) is 0.883. The van der Waals surface area contributed by atoms with Gasteiger partial charge in [0.15, 0.2) is 0 Å². The van der Waals surface area contributed by atoms with E-state index in [1.165, 1.54) is 9.75 Å². The van der Waals surface area contributed by atoms with Gasteiger partial charge in [0.25, 0.3) is 0 Å². The summed E-state index contributed by atoms with van der Waals surface area (Å²) in [5.74, 6) is 0. The number of hydrogen-bond acceptors (Lipinski definition) is 4. The predicted octanol–water partition coefficient (Wildman–Crippen LogP) is 3.36. The minimum Gasteiger partial charge on any atom is -0.304 e. The van der Waals surface area contributed by atoms with Crippen LogP contribution in [0.4, 0.5) is 0 Å². The SMILES string of the molecule is Cc1ncsc1CN[C@@H](C)c1cccs1. The van der Waals surface area contributed by atoms with Crippen molar-refractivity contribution < 1.29 is 0 Å². The highest BCUT2D eigenvalue weighted by atomic mass is 32.1. The lowest BCUT2D eigenvalue weighted by molar-refractivity contribution is 0.585. The first-order valence-electron chi connectivity index (χ1n) is 4.93. The largest absolute Gasteiger partial charge is 0.304 e. The molecule has 0 unspecified atom stereocenters. The van der Waals surface area contributed by atoms with Gasteiger partial charge in [-0.2, -0.15) is 0 Å². The maximum absolute atomic E-state index is 4.24. The van der Waals surface area contributed by atoms with Crippen molar-refractivity contribution in [1.82, 2.24) is 10.3 Å². The molecule has 0 bridgehead atoms. The van der Waals surface area contributed by atoms with Crippen LogP contribution < -0.4 is 5.32 Å². The number of thiazole rings is 1. The number of nitrogens with zero attached hydrogens (tertiary/aromatic N) is 1. The van der Waals surface area contributed by atoms with Crippen LogP contribution in [0.5, 0.6) is 0 Å². The van der Waals surface area contributed by atoms with E-state index < -0.39 is 0 Å². The van der Waals surface area contributed by atoms with Crippen LogP contribution in [-0.4, -0.2) is 4.98 Å². The second kappa shape index (κ2) is 4.88. The van der Waals surface area contributed by atoms with Crippen LogP contribution >= 0.6 is 22.7 Å². The topological polar surface area (TPSA) is 24.9 Å². The molecular weight excluding hydrogens is 224 g/mol. The maximum Gasteiger partial charge on any atom is 0.0798 e. The van der Waals surface area contributed by atoms with Crippen molar-refractivity contribution in [3.8, 4) is 0 Å². The van der Waals surface area contributed by atoms with Gasteiger partial charge in [0.05, 0.1) is 11.2 Å². The summed E-state index contributed by atoms with van der Waals surface area (Å²) in [5, 5.41) is 5.63. The molecule has 2 heterocycles. The lowest BCUT2D eigenvalue weighted by atomic mass is 10.2. The fraction of sp³-hybridized carbons (Fsp3) is 0.364. The molecule has 1 atom stereocenters. The summed E-state index contributed by atoms with van der Waals surface area (Å²) >= 11 is 3.52. The molecule has 2 aromatic heterocycles. The summed E-state index contributed by atoms with van der Waals surface area (Å²) in [6.45, 7) is 5.17. The zero-order chi connectivity index (χ0) is 10.7. The van der Waals surface area contributed by atoms with Crippen molar-refractivity contribution in [2.45, 2.75) is 26.4 Å². The van der Waals surface area contributed by atoms with Crippen molar-refractivity contribution in [1.29, 1.82) is 0 Å². The zero-order valence-corrected chi connectivity index (χ0v) is 10.5. The summed E-state index contributed by atoms with van der Waals surface area (Å²) in [6.07, 6.45) is 0. The number of aromatic nitrogens is 1. The first-order chi connectivity index (χ1) is 7.27. The molecule has 0 radical (unpaired) electrons. The van der Waals surface area contributed by atoms with Crippen molar-refractivity contribution in [2.24, 2.45) is 0 Å². The number of thiophene rings is 1. The van der Waals surface area contributed by atoms with E-state index in [0.717, 1.165) is 12.2 Å². The second-order valence-corrected chi connectivity index (χ2v) is 5.40. The van der Waals surface area contributed by atoms with Crippen LogP contribution in [0.25, 0.3) is 0 Å². The standard InChI is InChI=1S/C11H14N2S2/c1-8(10-4-3-5-14-10)12-6-11-9(2)13-7-15-11/h3-5,7-8,12H,6H2,1-2H3/t8-/m0/s1. The van der Waals surface area contributed by atoms with Gasteiger partial charge in [-0.1, -0.05) is 6.07 Å². The number of aryl methyl sites for hydroxylation is 1. The maximum atomic E-state index is 4.24. The number of hydrogen-bond donors (Lipinski definition) is 1. The van der Waals surface area contributed by atoms with E-state index in [0.29, 0.717) is 6.04 Å². The Morgan fingerprint density at radius 1 is 1.47 bits per heavy atom. The van der Waals surface area contributed by atoms with Crippen molar-refractivity contribution in [2.75, 3.05) is 0 Å².